The number of nitrogens with zero attached hydrogens (tertiary/aromatic N) is 2. The van der Waals surface area contributed by atoms with Crippen molar-refractivity contribution in [1.29, 1.82) is 0 Å². The summed E-state index contributed by atoms with van der Waals surface area (Å²) in [5.74, 6) is 2.64. The summed E-state index contributed by atoms with van der Waals surface area (Å²) in [5, 5.41) is 4.51. The van der Waals surface area contributed by atoms with Gasteiger partial charge in [0.05, 0.1) is 16.9 Å². The molecule has 1 fully saturated rings. The van der Waals surface area contributed by atoms with Crippen LogP contribution in [0.5, 0.6) is 5.75 Å². The van der Waals surface area contributed by atoms with Gasteiger partial charge in [0.1, 0.15) is 23.5 Å². The first-order chi connectivity index (χ1) is 8.31. The summed E-state index contributed by atoms with van der Waals surface area (Å²) >= 11 is 0. The van der Waals surface area contributed by atoms with Crippen molar-refractivity contribution in [3.63, 3.8) is 0 Å². The Morgan fingerprint density at radius 1 is 1.29 bits per heavy atom. The molecule has 4 rings (SSSR count). The summed E-state index contributed by atoms with van der Waals surface area (Å²) in [6.07, 6.45) is 2.56. The normalized spacial score (nSPS) is 25.2. The molecule has 4 nitrogen and oxygen atoms in total. The van der Waals surface area contributed by atoms with Crippen LogP contribution in [0.3, 0.4) is 0 Å². The van der Waals surface area contributed by atoms with Crippen LogP contribution in [0.1, 0.15) is 18.7 Å². The summed E-state index contributed by atoms with van der Waals surface area (Å²) in [6, 6.07) is 6.41. The lowest BCUT2D eigenvalue weighted by Crippen LogP contribution is -2.45. The molecule has 86 valence electrons. The average Bonchev–Trinajstić information content (AvgIpc) is 2.39. The van der Waals surface area contributed by atoms with E-state index in [-0.39, 0.29) is 6.10 Å². The molecule has 17 heavy (non-hydrogen) atoms. The number of benzene rings is 1. The van der Waals surface area contributed by atoms with E-state index in [1.807, 2.05) is 25.1 Å². The first kappa shape index (κ1) is 9.22. The van der Waals surface area contributed by atoms with Crippen LogP contribution in [0, 0.1) is 6.92 Å². The SMILES string of the molecule is Cc1nc2c3c(cccc3n1)OC1CCC1N2. The Morgan fingerprint density at radius 2 is 2.24 bits per heavy atom. The summed E-state index contributed by atoms with van der Waals surface area (Å²) in [5.41, 5.74) is 0.957. The highest BCUT2D eigenvalue weighted by Crippen LogP contribution is 2.39. The zero-order valence-electron chi connectivity index (χ0n) is 9.60. The van der Waals surface area contributed by atoms with Crippen LogP contribution in [0.25, 0.3) is 10.9 Å². The molecule has 2 aliphatic rings. The number of fused-ring (bicyclic) bond motifs is 1. The predicted octanol–water partition coefficient (Wildman–Crippen LogP) is 2.27. The maximum Gasteiger partial charge on any atom is 0.141 e. The van der Waals surface area contributed by atoms with Crippen LogP contribution in [0.4, 0.5) is 5.82 Å². The molecule has 1 saturated carbocycles. The molecule has 1 aliphatic carbocycles. The van der Waals surface area contributed by atoms with Gasteiger partial charge in [-0.1, -0.05) is 6.07 Å². The Hall–Kier alpha value is -1.84. The van der Waals surface area contributed by atoms with E-state index in [4.69, 9.17) is 4.74 Å². The Labute approximate surface area is 99.0 Å². The molecule has 2 heterocycles. The second-order valence-electron chi connectivity index (χ2n) is 4.75. The molecule has 4 heteroatoms. The third kappa shape index (κ3) is 1.24. The van der Waals surface area contributed by atoms with Crippen LogP contribution < -0.4 is 10.1 Å². The fraction of sp³-hybridized carbons (Fsp3) is 0.385. The number of aromatic nitrogens is 2. The summed E-state index contributed by atoms with van der Waals surface area (Å²) in [6.45, 7) is 1.92. The lowest BCUT2D eigenvalue weighted by Gasteiger charge is -2.35. The van der Waals surface area contributed by atoms with Gasteiger partial charge in [-0.15, -0.1) is 0 Å². The van der Waals surface area contributed by atoms with E-state index in [1.54, 1.807) is 0 Å². The highest BCUT2D eigenvalue weighted by atomic mass is 16.5. The first-order valence-electron chi connectivity index (χ1n) is 6.02. The minimum atomic E-state index is 0.287. The lowest BCUT2D eigenvalue weighted by molar-refractivity contribution is 0.107. The number of aryl methyl sites for hydroxylation is 1. The largest absolute Gasteiger partial charge is 0.487 e. The van der Waals surface area contributed by atoms with Crippen molar-refractivity contribution in [3.05, 3.63) is 24.0 Å². The zero-order valence-corrected chi connectivity index (χ0v) is 9.60. The molecule has 0 amide bonds. The minimum absolute atomic E-state index is 0.287. The number of ether oxygens (including phenoxy) is 1. The van der Waals surface area contributed by atoms with Crippen molar-refractivity contribution in [1.82, 2.24) is 9.97 Å². The molecule has 2 atom stereocenters. The molecule has 2 unspecified atom stereocenters. The van der Waals surface area contributed by atoms with Crippen molar-refractivity contribution < 1.29 is 4.74 Å². The molecule has 0 radical (unpaired) electrons. The first-order valence-corrected chi connectivity index (χ1v) is 6.02. The van der Waals surface area contributed by atoms with Crippen LogP contribution in [0.15, 0.2) is 18.2 Å². The third-order valence-electron chi connectivity index (χ3n) is 3.61. The fourth-order valence-electron chi connectivity index (χ4n) is 2.58. The van der Waals surface area contributed by atoms with E-state index in [0.29, 0.717) is 6.04 Å². The van der Waals surface area contributed by atoms with Gasteiger partial charge in [0, 0.05) is 0 Å². The van der Waals surface area contributed by atoms with Crippen molar-refractivity contribution in [2.45, 2.75) is 31.9 Å². The van der Waals surface area contributed by atoms with Crippen LogP contribution in [0.2, 0.25) is 0 Å². The fourth-order valence-corrected chi connectivity index (χ4v) is 2.58. The van der Waals surface area contributed by atoms with E-state index < -0.39 is 0 Å². The van der Waals surface area contributed by atoms with Gasteiger partial charge >= 0.3 is 0 Å². The summed E-state index contributed by atoms with van der Waals surface area (Å²) < 4.78 is 6.03. The quantitative estimate of drug-likeness (QED) is 0.750. The molecular formula is C13H13N3O. The van der Waals surface area contributed by atoms with Gasteiger partial charge in [-0.25, -0.2) is 9.97 Å². The monoisotopic (exact) mass is 227 g/mol. The number of hydrogen-bond donors (Lipinski definition) is 1. The minimum Gasteiger partial charge on any atom is -0.487 e. The molecule has 1 N–H and O–H groups in total. The average molecular weight is 227 g/mol. The van der Waals surface area contributed by atoms with Gasteiger partial charge in [-0.2, -0.15) is 0 Å². The highest BCUT2D eigenvalue weighted by Gasteiger charge is 2.36. The predicted molar refractivity (Wildman–Crippen MR) is 65.3 cm³/mol. The van der Waals surface area contributed by atoms with Crippen LogP contribution >= 0.6 is 0 Å². The molecule has 0 saturated heterocycles. The molecule has 1 aromatic carbocycles. The Bertz CT molecular complexity index is 611. The Balaban J connectivity index is 2.03. The third-order valence-corrected chi connectivity index (χ3v) is 3.61. The summed E-state index contributed by atoms with van der Waals surface area (Å²) in [4.78, 5) is 8.97. The highest BCUT2D eigenvalue weighted by molar-refractivity contribution is 5.95. The second kappa shape index (κ2) is 3.09. The van der Waals surface area contributed by atoms with Gasteiger partial charge in [-0.05, 0) is 31.9 Å². The summed E-state index contributed by atoms with van der Waals surface area (Å²) in [7, 11) is 0. The molecule has 1 aliphatic heterocycles. The lowest BCUT2D eigenvalue weighted by atomic mass is 9.89. The van der Waals surface area contributed by atoms with Gasteiger partial charge in [0.2, 0.25) is 0 Å². The molecule has 0 bridgehead atoms. The number of anilines is 1. The maximum atomic E-state index is 6.03. The number of nitrogens with one attached hydrogen (secondary N) is 1. The van der Waals surface area contributed by atoms with Crippen molar-refractivity contribution in [2.75, 3.05) is 5.32 Å². The number of rotatable bonds is 0. The van der Waals surface area contributed by atoms with Gasteiger partial charge in [0.25, 0.3) is 0 Å². The zero-order chi connectivity index (χ0) is 11.4. The molecule has 1 aromatic heterocycles. The van der Waals surface area contributed by atoms with E-state index in [0.717, 1.165) is 41.1 Å². The smallest absolute Gasteiger partial charge is 0.141 e. The number of hydrogen-bond acceptors (Lipinski definition) is 4. The van der Waals surface area contributed by atoms with Crippen molar-refractivity contribution >= 4 is 16.7 Å². The van der Waals surface area contributed by atoms with Gasteiger partial charge in [-0.3, -0.25) is 0 Å². The van der Waals surface area contributed by atoms with Crippen molar-refractivity contribution in [2.24, 2.45) is 0 Å². The Kier molecular flexibility index (Phi) is 1.68. The molecular weight excluding hydrogens is 214 g/mol. The van der Waals surface area contributed by atoms with E-state index >= 15 is 0 Å². The van der Waals surface area contributed by atoms with Gasteiger partial charge < -0.3 is 10.1 Å². The van der Waals surface area contributed by atoms with Crippen molar-refractivity contribution in [3.8, 4) is 5.75 Å². The Morgan fingerprint density at radius 3 is 3.06 bits per heavy atom. The topological polar surface area (TPSA) is 47.0 Å². The van der Waals surface area contributed by atoms with E-state index in [1.165, 1.54) is 0 Å². The van der Waals surface area contributed by atoms with E-state index in [9.17, 15) is 0 Å². The van der Waals surface area contributed by atoms with Gasteiger partial charge in [0.15, 0.2) is 0 Å². The van der Waals surface area contributed by atoms with E-state index in [2.05, 4.69) is 15.3 Å². The standard InChI is InChI=1S/C13H13N3O/c1-7-14-9-3-2-4-11-12(9)13(15-7)16-8-5-6-10(8)17-11/h2-4,8,10H,5-6H2,1H3,(H,14,15,16). The van der Waals surface area contributed by atoms with Crippen LogP contribution in [-0.4, -0.2) is 22.1 Å². The maximum absolute atomic E-state index is 6.03. The van der Waals surface area contributed by atoms with Crippen LogP contribution in [-0.2, 0) is 0 Å². The molecule has 0 spiro atoms. The second-order valence-corrected chi connectivity index (χ2v) is 4.75. The molecule has 2 aromatic rings.